The van der Waals surface area contributed by atoms with Crippen molar-refractivity contribution in [2.45, 2.75) is 46.1 Å². The van der Waals surface area contributed by atoms with Gasteiger partial charge in [0.25, 0.3) is 5.56 Å². The van der Waals surface area contributed by atoms with E-state index in [2.05, 4.69) is 29.1 Å². The second-order valence-corrected chi connectivity index (χ2v) is 7.08. The Morgan fingerprint density at radius 3 is 2.48 bits per heavy atom. The van der Waals surface area contributed by atoms with Crippen LogP contribution in [0.1, 0.15) is 49.6 Å². The summed E-state index contributed by atoms with van der Waals surface area (Å²) in [4.78, 5) is 29.9. The van der Waals surface area contributed by atoms with E-state index in [1.807, 2.05) is 30.3 Å². The molecule has 6 heteroatoms. The number of hydrogen-bond donors (Lipinski definition) is 3. The van der Waals surface area contributed by atoms with E-state index >= 15 is 0 Å². The number of rotatable bonds is 7. The number of aromatic nitrogens is 2. The van der Waals surface area contributed by atoms with Crippen molar-refractivity contribution in [1.82, 2.24) is 15.3 Å². The van der Waals surface area contributed by atoms with Gasteiger partial charge in [-0.25, -0.2) is 0 Å². The molecule has 134 valence electrons. The number of hydrogen-bond acceptors (Lipinski definition) is 3. The largest absolute Gasteiger partial charge is 0.349 e. The Kier molecular flexibility index (Phi) is 6.70. The van der Waals surface area contributed by atoms with Gasteiger partial charge >= 0.3 is 0 Å². The fourth-order valence-corrected chi connectivity index (χ4v) is 3.11. The Bertz CT molecular complexity index is 825. The van der Waals surface area contributed by atoms with E-state index in [4.69, 9.17) is 12.2 Å². The minimum atomic E-state index is -0.226. The lowest BCUT2D eigenvalue weighted by molar-refractivity contribution is -0.121. The van der Waals surface area contributed by atoms with E-state index in [-0.39, 0.29) is 23.9 Å². The summed E-state index contributed by atoms with van der Waals surface area (Å²) >= 11 is 4.94. The van der Waals surface area contributed by atoms with E-state index in [1.54, 1.807) is 6.92 Å². The number of H-pyrrole nitrogens is 2. The molecular formula is C19H25N3O2S. The minimum absolute atomic E-state index is 0.0188. The van der Waals surface area contributed by atoms with E-state index < -0.39 is 0 Å². The highest BCUT2D eigenvalue weighted by atomic mass is 32.1. The van der Waals surface area contributed by atoms with Crippen LogP contribution in [0.5, 0.6) is 0 Å². The van der Waals surface area contributed by atoms with Gasteiger partial charge < -0.3 is 10.3 Å². The number of benzene rings is 1. The summed E-state index contributed by atoms with van der Waals surface area (Å²) in [5.41, 5.74) is 2.16. The van der Waals surface area contributed by atoms with E-state index in [0.29, 0.717) is 28.4 Å². The van der Waals surface area contributed by atoms with Gasteiger partial charge in [-0.2, -0.15) is 0 Å². The maximum Gasteiger partial charge on any atom is 0.255 e. The molecule has 1 atom stereocenters. The van der Waals surface area contributed by atoms with Crippen LogP contribution in [-0.2, 0) is 11.2 Å². The zero-order chi connectivity index (χ0) is 18.4. The van der Waals surface area contributed by atoms with Crippen LogP contribution in [0.4, 0.5) is 0 Å². The van der Waals surface area contributed by atoms with E-state index in [9.17, 15) is 9.59 Å². The Balaban J connectivity index is 2.04. The minimum Gasteiger partial charge on any atom is -0.349 e. The molecule has 0 radical (unpaired) electrons. The number of carbonyl (C=O) groups excluding carboxylic acids is 1. The van der Waals surface area contributed by atoms with Crippen LogP contribution in [-0.4, -0.2) is 15.9 Å². The highest BCUT2D eigenvalue weighted by Crippen LogP contribution is 2.21. The van der Waals surface area contributed by atoms with Crippen molar-refractivity contribution in [1.29, 1.82) is 0 Å². The molecule has 0 aliphatic rings. The number of amides is 1. The second-order valence-electron chi connectivity index (χ2n) is 6.67. The lowest BCUT2D eigenvalue weighted by Gasteiger charge is -2.21. The fourth-order valence-electron chi connectivity index (χ4n) is 2.87. The number of aryl methyl sites for hydroxylation is 1. The highest BCUT2D eigenvalue weighted by Gasteiger charge is 2.16. The summed E-state index contributed by atoms with van der Waals surface area (Å²) in [6.45, 7) is 6.07. The quantitative estimate of drug-likeness (QED) is 0.661. The van der Waals surface area contributed by atoms with Crippen molar-refractivity contribution in [2.24, 2.45) is 5.92 Å². The van der Waals surface area contributed by atoms with Crippen LogP contribution in [0.25, 0.3) is 0 Å². The molecule has 0 aliphatic carbocycles. The predicted octanol–water partition coefficient (Wildman–Crippen LogP) is 3.58. The Hall–Kier alpha value is -2.21. The fraction of sp³-hybridized carbons (Fsp3) is 0.421. The molecule has 25 heavy (non-hydrogen) atoms. The zero-order valence-corrected chi connectivity index (χ0v) is 15.7. The molecule has 0 saturated carbocycles. The third-order valence-corrected chi connectivity index (χ3v) is 4.31. The summed E-state index contributed by atoms with van der Waals surface area (Å²) in [6, 6.07) is 9.95. The van der Waals surface area contributed by atoms with Gasteiger partial charge in [-0.1, -0.05) is 44.2 Å². The van der Waals surface area contributed by atoms with Gasteiger partial charge in [0, 0.05) is 17.7 Å². The van der Waals surface area contributed by atoms with Gasteiger partial charge in [-0.3, -0.25) is 14.6 Å². The van der Waals surface area contributed by atoms with Gasteiger partial charge in [0.1, 0.15) is 0 Å². The molecule has 0 spiro atoms. The molecule has 5 nitrogen and oxygen atoms in total. The van der Waals surface area contributed by atoms with Gasteiger partial charge in [0.15, 0.2) is 4.77 Å². The molecule has 0 aliphatic heterocycles. The molecule has 1 unspecified atom stereocenters. The van der Waals surface area contributed by atoms with Crippen LogP contribution in [0.3, 0.4) is 0 Å². The van der Waals surface area contributed by atoms with E-state index in [1.165, 1.54) is 0 Å². The molecule has 0 bridgehead atoms. The van der Waals surface area contributed by atoms with Crippen LogP contribution in [0.2, 0.25) is 0 Å². The number of carbonyl (C=O) groups is 1. The zero-order valence-electron chi connectivity index (χ0n) is 14.9. The predicted molar refractivity (Wildman–Crippen MR) is 102 cm³/mol. The molecule has 2 aromatic rings. The van der Waals surface area contributed by atoms with Crippen molar-refractivity contribution in [3.63, 3.8) is 0 Å². The van der Waals surface area contributed by atoms with E-state index in [0.717, 1.165) is 12.0 Å². The first-order valence-corrected chi connectivity index (χ1v) is 8.94. The van der Waals surface area contributed by atoms with Gasteiger partial charge in [0.05, 0.1) is 6.04 Å². The summed E-state index contributed by atoms with van der Waals surface area (Å²) < 4.78 is 0.303. The summed E-state index contributed by atoms with van der Waals surface area (Å²) in [7, 11) is 0. The van der Waals surface area contributed by atoms with Crippen molar-refractivity contribution >= 4 is 18.1 Å². The molecule has 0 fully saturated rings. The van der Waals surface area contributed by atoms with Gasteiger partial charge in [0.2, 0.25) is 5.91 Å². The first kappa shape index (κ1) is 19.1. The maximum atomic E-state index is 12.4. The van der Waals surface area contributed by atoms with Crippen molar-refractivity contribution in [3.8, 4) is 0 Å². The summed E-state index contributed by atoms with van der Waals surface area (Å²) in [6.07, 6.45) is 1.51. The third kappa shape index (κ3) is 5.67. The lowest BCUT2D eigenvalue weighted by Crippen LogP contribution is -2.30. The smallest absolute Gasteiger partial charge is 0.255 e. The summed E-state index contributed by atoms with van der Waals surface area (Å²) in [5.74, 6) is 0.403. The van der Waals surface area contributed by atoms with Gasteiger partial charge in [-0.05, 0) is 43.5 Å². The molecule has 0 saturated heterocycles. The molecular weight excluding hydrogens is 334 g/mol. The topological polar surface area (TPSA) is 77.8 Å². The standard InChI is InChI=1S/C19H25N3O2S/c1-12(2)11-16(14-7-5-4-6-8-14)21-17(23)10-9-15-13(3)20-19(25)22-18(15)24/h4-8,12,16H,9-11H2,1-3H3,(H,21,23)(H2,20,22,24,25). The first-order chi connectivity index (χ1) is 11.9. The van der Waals surface area contributed by atoms with Crippen molar-refractivity contribution < 1.29 is 4.79 Å². The monoisotopic (exact) mass is 359 g/mol. The Labute approximate surface area is 152 Å². The average molecular weight is 359 g/mol. The van der Waals surface area contributed by atoms with Crippen molar-refractivity contribution in [3.05, 3.63) is 62.3 Å². The number of nitrogens with one attached hydrogen (secondary N) is 3. The molecule has 2 rings (SSSR count). The molecule has 1 amide bonds. The first-order valence-electron chi connectivity index (χ1n) is 8.53. The third-order valence-electron chi connectivity index (χ3n) is 4.10. The molecule has 1 aromatic carbocycles. The normalized spacial score (nSPS) is 12.2. The maximum absolute atomic E-state index is 12.4. The van der Waals surface area contributed by atoms with Gasteiger partial charge in [-0.15, -0.1) is 0 Å². The lowest BCUT2D eigenvalue weighted by atomic mass is 9.96. The van der Waals surface area contributed by atoms with Crippen LogP contribution >= 0.6 is 12.2 Å². The van der Waals surface area contributed by atoms with Crippen LogP contribution in [0, 0.1) is 17.6 Å². The molecule has 1 aromatic heterocycles. The molecule has 1 heterocycles. The SMILES string of the molecule is Cc1[nH]c(=S)[nH]c(=O)c1CCC(=O)NC(CC(C)C)c1ccccc1. The van der Waals surface area contributed by atoms with Crippen LogP contribution in [0.15, 0.2) is 35.1 Å². The van der Waals surface area contributed by atoms with Crippen molar-refractivity contribution in [2.75, 3.05) is 0 Å². The number of aromatic amines is 2. The Morgan fingerprint density at radius 1 is 1.20 bits per heavy atom. The summed E-state index contributed by atoms with van der Waals surface area (Å²) in [5, 5.41) is 3.10. The molecule has 3 N–H and O–H groups in total. The second kappa shape index (κ2) is 8.76. The highest BCUT2D eigenvalue weighted by molar-refractivity contribution is 7.71. The van der Waals surface area contributed by atoms with Crippen LogP contribution < -0.4 is 10.9 Å². The average Bonchev–Trinajstić information content (AvgIpc) is 2.53. The Morgan fingerprint density at radius 2 is 1.88 bits per heavy atom.